The molecule has 2 heteroatoms. The minimum absolute atomic E-state index is 0.0764. The lowest BCUT2D eigenvalue weighted by molar-refractivity contribution is 0.0558. The van der Waals surface area contributed by atoms with E-state index < -0.39 is 0 Å². The van der Waals surface area contributed by atoms with Gasteiger partial charge >= 0.3 is 0 Å². The van der Waals surface area contributed by atoms with Gasteiger partial charge in [-0.2, -0.15) is 0 Å². The number of hydrogen-bond acceptors (Lipinski definition) is 2. The maximum absolute atomic E-state index is 6.64. The van der Waals surface area contributed by atoms with Gasteiger partial charge in [0.25, 0.3) is 0 Å². The van der Waals surface area contributed by atoms with Gasteiger partial charge in [0.05, 0.1) is 0 Å². The van der Waals surface area contributed by atoms with E-state index in [1.165, 1.54) is 45.4 Å². The zero-order chi connectivity index (χ0) is 23.2. The van der Waals surface area contributed by atoms with Crippen LogP contribution >= 0.6 is 12.6 Å². The molecular weight excluding hydrogens is 396 g/mol. The Bertz CT molecular complexity index is 867. The molecule has 0 aliphatic carbocycles. The Morgan fingerprint density at radius 1 is 0.871 bits per heavy atom. The van der Waals surface area contributed by atoms with Crippen LogP contribution in [-0.4, -0.2) is 5.60 Å². The van der Waals surface area contributed by atoms with Crippen LogP contribution in [0.2, 0.25) is 0 Å². The van der Waals surface area contributed by atoms with Crippen LogP contribution in [0.4, 0.5) is 0 Å². The molecule has 2 rings (SSSR count). The summed E-state index contributed by atoms with van der Waals surface area (Å²) >= 11 is 4.73. The van der Waals surface area contributed by atoms with Crippen molar-refractivity contribution in [3.63, 3.8) is 0 Å². The number of hydrogen-bond donors (Lipinski definition) is 1. The smallest absolute Gasteiger partial charge is 0.126 e. The van der Waals surface area contributed by atoms with Gasteiger partial charge in [-0.3, -0.25) is 0 Å². The Hall–Kier alpha value is -1.41. The molecule has 1 aliphatic heterocycles. The van der Waals surface area contributed by atoms with Gasteiger partial charge < -0.3 is 4.74 Å². The summed E-state index contributed by atoms with van der Waals surface area (Å²) in [4.78, 5) is 1.13. The Morgan fingerprint density at radius 2 is 1.45 bits per heavy atom. The van der Waals surface area contributed by atoms with Gasteiger partial charge in [0.15, 0.2) is 0 Å². The van der Waals surface area contributed by atoms with Crippen molar-refractivity contribution in [2.45, 2.75) is 117 Å². The summed E-state index contributed by atoms with van der Waals surface area (Å²) in [6.07, 6.45) is 16.1. The summed E-state index contributed by atoms with van der Waals surface area (Å²) < 4.78 is 6.64. The number of thiol groups is 1. The van der Waals surface area contributed by atoms with E-state index in [1.807, 2.05) is 0 Å². The van der Waals surface area contributed by atoms with E-state index in [4.69, 9.17) is 17.4 Å². The minimum Gasteiger partial charge on any atom is -0.487 e. The largest absolute Gasteiger partial charge is 0.487 e. The van der Waals surface area contributed by atoms with Gasteiger partial charge in [0, 0.05) is 4.90 Å². The molecule has 0 spiro atoms. The highest BCUT2D eigenvalue weighted by atomic mass is 32.1. The standard InChI is InChI=1S/C29H44OS/c1-20(2)12-9-13-21(3)14-10-15-22(4)16-11-18-29(8)19-17-26-25(7)28(31)24(6)23(5)27(26)30-29/h12,14,16,31H,9-11,13,15,17-19H2,1-8H3/b21-14+,22-16+. The average molecular weight is 441 g/mol. The SMILES string of the molecule is CC(C)=CCC/C(C)=C/CC/C(C)=C/CCC1(C)CCc2c(C)c(S)c(C)c(C)c2O1. The molecule has 0 aromatic heterocycles. The van der Waals surface area contributed by atoms with Crippen molar-refractivity contribution < 1.29 is 4.74 Å². The van der Waals surface area contributed by atoms with Crippen molar-refractivity contribution in [2.24, 2.45) is 0 Å². The number of benzene rings is 1. The van der Waals surface area contributed by atoms with Gasteiger partial charge in [0.2, 0.25) is 0 Å². The lowest BCUT2D eigenvalue weighted by Gasteiger charge is -2.38. The summed E-state index contributed by atoms with van der Waals surface area (Å²) in [6, 6.07) is 0. The molecule has 1 heterocycles. The molecule has 1 aliphatic rings. The van der Waals surface area contributed by atoms with Gasteiger partial charge in [-0.25, -0.2) is 0 Å². The molecule has 0 bridgehead atoms. The molecular formula is C29H44OS. The highest BCUT2D eigenvalue weighted by molar-refractivity contribution is 7.80. The number of rotatable bonds is 9. The molecule has 0 saturated carbocycles. The van der Waals surface area contributed by atoms with Crippen molar-refractivity contribution in [2.75, 3.05) is 0 Å². The van der Waals surface area contributed by atoms with Crippen molar-refractivity contribution in [1.29, 1.82) is 0 Å². The Morgan fingerprint density at radius 3 is 2.06 bits per heavy atom. The van der Waals surface area contributed by atoms with Gasteiger partial charge in [-0.15, -0.1) is 12.6 Å². The fourth-order valence-electron chi connectivity index (χ4n) is 4.43. The predicted molar refractivity (Wildman–Crippen MR) is 140 cm³/mol. The summed E-state index contributed by atoms with van der Waals surface area (Å²) in [5.41, 5.74) is 9.52. The van der Waals surface area contributed by atoms with E-state index in [9.17, 15) is 0 Å². The molecule has 31 heavy (non-hydrogen) atoms. The first-order valence-corrected chi connectivity index (χ1v) is 12.4. The minimum atomic E-state index is -0.0764. The molecule has 0 amide bonds. The molecule has 0 radical (unpaired) electrons. The van der Waals surface area contributed by atoms with Crippen LogP contribution < -0.4 is 4.74 Å². The highest BCUT2D eigenvalue weighted by Crippen LogP contribution is 2.43. The lowest BCUT2D eigenvalue weighted by atomic mass is 9.85. The number of allylic oxidation sites excluding steroid dienone is 6. The zero-order valence-electron chi connectivity index (χ0n) is 21.2. The van der Waals surface area contributed by atoms with Crippen LogP contribution in [0.3, 0.4) is 0 Å². The Labute approximate surface area is 197 Å². The van der Waals surface area contributed by atoms with E-state index >= 15 is 0 Å². The van der Waals surface area contributed by atoms with Crippen molar-refractivity contribution >= 4 is 12.6 Å². The summed E-state index contributed by atoms with van der Waals surface area (Å²) in [6.45, 7) is 17.7. The molecule has 172 valence electrons. The lowest BCUT2D eigenvalue weighted by Crippen LogP contribution is -2.37. The maximum Gasteiger partial charge on any atom is 0.126 e. The predicted octanol–water partition coefficient (Wildman–Crippen LogP) is 9.18. The molecule has 1 nitrogen and oxygen atoms in total. The monoisotopic (exact) mass is 440 g/mol. The van der Waals surface area contributed by atoms with Crippen molar-refractivity contribution in [1.82, 2.24) is 0 Å². The molecule has 1 unspecified atom stereocenters. The zero-order valence-corrected chi connectivity index (χ0v) is 22.1. The number of ether oxygens (including phenoxy) is 1. The fourth-order valence-corrected chi connectivity index (χ4v) is 4.74. The van der Waals surface area contributed by atoms with Gasteiger partial charge in [-0.05, 0) is 129 Å². The van der Waals surface area contributed by atoms with Crippen LogP contribution in [0.15, 0.2) is 39.8 Å². The van der Waals surface area contributed by atoms with E-state index in [2.05, 4.69) is 73.6 Å². The second-order valence-electron chi connectivity index (χ2n) is 10.1. The summed E-state index contributed by atoms with van der Waals surface area (Å²) in [5.74, 6) is 1.12. The first-order valence-electron chi connectivity index (χ1n) is 12.0. The van der Waals surface area contributed by atoms with Crippen molar-refractivity contribution in [3.8, 4) is 5.75 Å². The molecule has 0 fully saturated rings. The normalized spacial score (nSPS) is 19.1. The quantitative estimate of drug-likeness (QED) is 0.297. The highest BCUT2D eigenvalue weighted by Gasteiger charge is 2.33. The third-order valence-corrected chi connectivity index (χ3v) is 7.55. The second kappa shape index (κ2) is 11.5. The maximum atomic E-state index is 6.64. The van der Waals surface area contributed by atoms with Gasteiger partial charge in [-0.1, -0.05) is 34.9 Å². The Kier molecular flexibility index (Phi) is 9.55. The first kappa shape index (κ1) is 25.8. The topological polar surface area (TPSA) is 9.23 Å². The van der Waals surface area contributed by atoms with Crippen LogP contribution in [0, 0.1) is 20.8 Å². The Balaban J connectivity index is 1.88. The van der Waals surface area contributed by atoms with E-state index in [1.54, 1.807) is 0 Å². The molecule has 1 aromatic carbocycles. The molecule has 0 saturated heterocycles. The van der Waals surface area contributed by atoms with E-state index in [-0.39, 0.29) is 5.60 Å². The molecule has 1 atom stereocenters. The summed E-state index contributed by atoms with van der Waals surface area (Å²) in [5, 5.41) is 0. The van der Waals surface area contributed by atoms with Crippen LogP contribution in [-0.2, 0) is 6.42 Å². The van der Waals surface area contributed by atoms with E-state index in [0.717, 1.165) is 55.6 Å². The summed E-state index contributed by atoms with van der Waals surface area (Å²) in [7, 11) is 0. The molecule has 1 aromatic rings. The van der Waals surface area contributed by atoms with E-state index in [0.29, 0.717) is 0 Å². The van der Waals surface area contributed by atoms with Crippen LogP contribution in [0.1, 0.15) is 102 Å². The fraction of sp³-hybridized carbons (Fsp3) is 0.586. The van der Waals surface area contributed by atoms with Crippen LogP contribution in [0.25, 0.3) is 0 Å². The van der Waals surface area contributed by atoms with Crippen molar-refractivity contribution in [3.05, 3.63) is 57.2 Å². The average Bonchev–Trinajstić information content (AvgIpc) is 2.70. The van der Waals surface area contributed by atoms with Gasteiger partial charge in [0.1, 0.15) is 11.4 Å². The third-order valence-electron chi connectivity index (χ3n) is 6.88. The second-order valence-corrected chi connectivity index (χ2v) is 10.5. The first-order chi connectivity index (χ1) is 14.5. The molecule has 0 N–H and O–H groups in total. The van der Waals surface area contributed by atoms with Crippen LogP contribution in [0.5, 0.6) is 5.75 Å². The number of fused-ring (bicyclic) bond motifs is 1. The third kappa shape index (κ3) is 7.31.